The number of halogens is 1. The summed E-state index contributed by atoms with van der Waals surface area (Å²) in [4.78, 5) is 12.2. The van der Waals surface area contributed by atoms with Gasteiger partial charge in [-0.1, -0.05) is 6.92 Å². The lowest BCUT2D eigenvalue weighted by Crippen LogP contribution is -2.21. The van der Waals surface area contributed by atoms with Crippen LogP contribution >= 0.6 is 0 Å². The van der Waals surface area contributed by atoms with Gasteiger partial charge in [-0.3, -0.25) is 9.48 Å². The molecule has 4 nitrogen and oxygen atoms in total. The Morgan fingerprint density at radius 3 is 3.05 bits per heavy atom. The summed E-state index contributed by atoms with van der Waals surface area (Å²) < 4.78 is 20.8. The van der Waals surface area contributed by atoms with Crippen LogP contribution in [0.2, 0.25) is 0 Å². The zero-order valence-electron chi connectivity index (χ0n) is 11.4. The lowest BCUT2D eigenvalue weighted by atomic mass is 9.96. The summed E-state index contributed by atoms with van der Waals surface area (Å²) in [5.74, 6) is -0.0741. The Hall–Kier alpha value is -2.17. The van der Waals surface area contributed by atoms with Crippen molar-refractivity contribution in [2.45, 2.75) is 25.9 Å². The Morgan fingerprint density at radius 2 is 2.30 bits per heavy atom. The third kappa shape index (κ3) is 2.09. The predicted octanol–water partition coefficient (Wildman–Crippen LogP) is 2.83. The summed E-state index contributed by atoms with van der Waals surface area (Å²) in [5.41, 5.74) is 2.18. The SMILES string of the molecule is CCc1nn(C)cc1C1CC(=O)c2cc(F)ccc2O1. The average molecular weight is 274 g/mol. The van der Waals surface area contributed by atoms with E-state index < -0.39 is 5.82 Å². The number of carbonyl (C=O) groups is 1. The van der Waals surface area contributed by atoms with Crippen molar-refractivity contribution < 1.29 is 13.9 Å². The van der Waals surface area contributed by atoms with Gasteiger partial charge in [-0.25, -0.2) is 4.39 Å². The Morgan fingerprint density at radius 1 is 1.50 bits per heavy atom. The number of hydrogen-bond donors (Lipinski definition) is 0. The number of ketones is 1. The highest BCUT2D eigenvalue weighted by Crippen LogP contribution is 2.36. The first-order chi connectivity index (χ1) is 9.58. The smallest absolute Gasteiger partial charge is 0.170 e. The van der Waals surface area contributed by atoms with Crippen molar-refractivity contribution in [2.75, 3.05) is 0 Å². The van der Waals surface area contributed by atoms with E-state index in [0.29, 0.717) is 11.3 Å². The molecule has 104 valence electrons. The van der Waals surface area contributed by atoms with Gasteiger partial charge in [-0.15, -0.1) is 0 Å². The number of ether oxygens (including phenoxy) is 1. The van der Waals surface area contributed by atoms with Crippen molar-refractivity contribution in [1.82, 2.24) is 9.78 Å². The van der Waals surface area contributed by atoms with Gasteiger partial charge in [0.2, 0.25) is 0 Å². The number of carbonyl (C=O) groups excluding carboxylic acids is 1. The van der Waals surface area contributed by atoms with Crippen molar-refractivity contribution in [2.24, 2.45) is 7.05 Å². The zero-order valence-corrected chi connectivity index (χ0v) is 11.4. The fourth-order valence-electron chi connectivity index (χ4n) is 2.57. The fraction of sp³-hybridized carbons (Fsp3) is 0.333. The van der Waals surface area contributed by atoms with E-state index >= 15 is 0 Å². The highest BCUT2D eigenvalue weighted by molar-refractivity contribution is 6.00. The van der Waals surface area contributed by atoms with Gasteiger partial charge in [0.05, 0.1) is 17.7 Å². The molecule has 0 radical (unpaired) electrons. The van der Waals surface area contributed by atoms with Crippen LogP contribution in [-0.2, 0) is 13.5 Å². The minimum atomic E-state index is -0.422. The van der Waals surface area contributed by atoms with Crippen molar-refractivity contribution in [1.29, 1.82) is 0 Å². The van der Waals surface area contributed by atoms with Gasteiger partial charge in [0.1, 0.15) is 17.7 Å². The van der Waals surface area contributed by atoms with Crippen LogP contribution in [0.5, 0.6) is 5.75 Å². The highest BCUT2D eigenvalue weighted by Gasteiger charge is 2.30. The van der Waals surface area contributed by atoms with Crippen LogP contribution in [0.15, 0.2) is 24.4 Å². The first-order valence-corrected chi connectivity index (χ1v) is 6.60. The summed E-state index contributed by atoms with van der Waals surface area (Å²) in [6.07, 6.45) is 2.53. The second-order valence-corrected chi connectivity index (χ2v) is 4.93. The molecule has 5 heteroatoms. The quantitative estimate of drug-likeness (QED) is 0.845. The Labute approximate surface area is 116 Å². The molecule has 0 saturated heterocycles. The van der Waals surface area contributed by atoms with E-state index in [1.807, 2.05) is 20.2 Å². The van der Waals surface area contributed by atoms with Gasteiger partial charge < -0.3 is 4.74 Å². The molecular weight excluding hydrogens is 259 g/mol. The second-order valence-electron chi connectivity index (χ2n) is 4.93. The molecule has 1 atom stereocenters. The molecule has 2 aromatic rings. The number of benzene rings is 1. The lowest BCUT2D eigenvalue weighted by Gasteiger charge is -2.25. The molecule has 0 N–H and O–H groups in total. The van der Waals surface area contributed by atoms with E-state index in [2.05, 4.69) is 5.10 Å². The first kappa shape index (κ1) is 12.8. The second kappa shape index (κ2) is 4.74. The van der Waals surface area contributed by atoms with Crippen LogP contribution in [0.25, 0.3) is 0 Å². The van der Waals surface area contributed by atoms with Crippen LogP contribution in [0.4, 0.5) is 4.39 Å². The molecule has 0 amide bonds. The van der Waals surface area contributed by atoms with E-state index in [1.165, 1.54) is 18.2 Å². The van der Waals surface area contributed by atoms with Gasteiger partial charge in [0.15, 0.2) is 5.78 Å². The predicted molar refractivity (Wildman–Crippen MR) is 71.3 cm³/mol. The summed E-state index contributed by atoms with van der Waals surface area (Å²) >= 11 is 0. The molecular formula is C15H15FN2O2. The van der Waals surface area contributed by atoms with Gasteiger partial charge in [-0.2, -0.15) is 5.10 Å². The first-order valence-electron chi connectivity index (χ1n) is 6.60. The maximum Gasteiger partial charge on any atom is 0.170 e. The topological polar surface area (TPSA) is 44.1 Å². The lowest BCUT2D eigenvalue weighted by molar-refractivity contribution is 0.0848. The van der Waals surface area contributed by atoms with E-state index in [0.717, 1.165) is 17.7 Å². The maximum absolute atomic E-state index is 13.2. The standard InChI is InChI=1S/C15H15FN2O2/c1-3-12-11(8-18(2)17-12)15-7-13(19)10-6-9(16)4-5-14(10)20-15/h4-6,8,15H,3,7H2,1-2H3. The minimum absolute atomic E-state index is 0.0957. The van der Waals surface area contributed by atoms with E-state index in [1.54, 1.807) is 4.68 Å². The van der Waals surface area contributed by atoms with Gasteiger partial charge in [-0.05, 0) is 24.6 Å². The molecule has 0 fully saturated rings. The van der Waals surface area contributed by atoms with Crippen LogP contribution in [0, 0.1) is 5.82 Å². The Balaban J connectivity index is 1.99. The van der Waals surface area contributed by atoms with E-state index in [-0.39, 0.29) is 18.3 Å². The monoisotopic (exact) mass is 274 g/mol. The van der Waals surface area contributed by atoms with E-state index in [9.17, 15) is 9.18 Å². The molecule has 1 aliphatic heterocycles. The van der Waals surface area contributed by atoms with Crippen LogP contribution in [0.3, 0.4) is 0 Å². The maximum atomic E-state index is 13.2. The van der Waals surface area contributed by atoms with Crippen molar-refractivity contribution >= 4 is 5.78 Å². The highest BCUT2D eigenvalue weighted by atomic mass is 19.1. The normalized spacial score (nSPS) is 17.8. The van der Waals surface area contributed by atoms with Crippen molar-refractivity contribution in [3.05, 3.63) is 47.0 Å². The molecule has 0 bridgehead atoms. The molecule has 1 aliphatic rings. The average Bonchev–Trinajstić information content (AvgIpc) is 2.80. The Kier molecular flexibility index (Phi) is 3.04. The third-order valence-electron chi connectivity index (χ3n) is 3.50. The zero-order chi connectivity index (χ0) is 14.3. The molecule has 0 saturated carbocycles. The number of rotatable bonds is 2. The summed E-state index contributed by atoms with van der Waals surface area (Å²) in [6.45, 7) is 2.01. The molecule has 20 heavy (non-hydrogen) atoms. The molecule has 0 aliphatic carbocycles. The fourth-order valence-corrected chi connectivity index (χ4v) is 2.57. The molecule has 1 aromatic carbocycles. The molecule has 2 heterocycles. The van der Waals surface area contributed by atoms with Gasteiger partial charge >= 0.3 is 0 Å². The molecule has 0 spiro atoms. The van der Waals surface area contributed by atoms with Gasteiger partial charge in [0.25, 0.3) is 0 Å². The summed E-state index contributed by atoms with van der Waals surface area (Å²) in [6, 6.07) is 4.05. The molecule has 3 rings (SSSR count). The summed E-state index contributed by atoms with van der Waals surface area (Å²) in [5, 5.41) is 4.36. The van der Waals surface area contributed by atoms with Crippen molar-refractivity contribution in [3.8, 4) is 5.75 Å². The van der Waals surface area contributed by atoms with Gasteiger partial charge in [0, 0.05) is 18.8 Å². The van der Waals surface area contributed by atoms with Crippen molar-refractivity contribution in [3.63, 3.8) is 0 Å². The van der Waals surface area contributed by atoms with E-state index in [4.69, 9.17) is 4.74 Å². The van der Waals surface area contributed by atoms with Crippen LogP contribution in [0.1, 0.15) is 41.1 Å². The number of hydrogen-bond acceptors (Lipinski definition) is 3. The van der Waals surface area contributed by atoms with Crippen LogP contribution in [-0.4, -0.2) is 15.6 Å². The number of aryl methyl sites for hydroxylation is 2. The number of fused-ring (bicyclic) bond motifs is 1. The minimum Gasteiger partial charge on any atom is -0.484 e. The largest absolute Gasteiger partial charge is 0.484 e. The third-order valence-corrected chi connectivity index (χ3v) is 3.50. The van der Waals surface area contributed by atoms with Crippen LogP contribution < -0.4 is 4.74 Å². The number of Topliss-reactive ketones (excluding diaryl/α,β-unsaturated/α-hetero) is 1. The number of aromatic nitrogens is 2. The Bertz CT molecular complexity index is 679. The molecule has 1 aromatic heterocycles. The summed E-state index contributed by atoms with van der Waals surface area (Å²) in [7, 11) is 1.84. The molecule has 1 unspecified atom stereocenters. The number of nitrogens with zero attached hydrogens (tertiary/aromatic N) is 2.